The summed E-state index contributed by atoms with van der Waals surface area (Å²) in [6.07, 6.45) is 3.77. The standard InChI is InChI=1S/C36H28N4O/c1-39-25-40(35-18-9-8-17-34(35)39)29-15-10-16-30(21-29)41-36-22-33(38-24-31(36)27-13-6-3-7-14-27)32-20-19-28(23-37-32)26-11-4-2-5-12-26/h2-24H,25H2,1H3. The minimum absolute atomic E-state index is 0.728. The Hall–Kier alpha value is -5.42. The third-order valence-corrected chi connectivity index (χ3v) is 7.38. The van der Waals surface area contributed by atoms with Crippen LogP contribution >= 0.6 is 0 Å². The summed E-state index contributed by atoms with van der Waals surface area (Å²) in [5.41, 5.74) is 9.20. The number of para-hydroxylation sites is 2. The van der Waals surface area contributed by atoms with E-state index in [9.17, 15) is 0 Å². The van der Waals surface area contributed by atoms with E-state index in [0.717, 1.165) is 57.5 Å². The van der Waals surface area contributed by atoms with Crippen LogP contribution in [0.25, 0.3) is 33.6 Å². The molecule has 1 aliphatic heterocycles. The van der Waals surface area contributed by atoms with E-state index in [4.69, 9.17) is 14.7 Å². The summed E-state index contributed by atoms with van der Waals surface area (Å²) in [7, 11) is 2.12. The number of rotatable bonds is 6. The van der Waals surface area contributed by atoms with Crippen LogP contribution in [-0.2, 0) is 0 Å². The molecule has 0 saturated carbocycles. The quantitative estimate of drug-likeness (QED) is 0.214. The largest absolute Gasteiger partial charge is 0.457 e. The molecule has 0 radical (unpaired) electrons. The minimum atomic E-state index is 0.728. The lowest BCUT2D eigenvalue weighted by Gasteiger charge is -2.20. The van der Waals surface area contributed by atoms with Gasteiger partial charge in [-0.25, -0.2) is 0 Å². The molecule has 0 spiro atoms. The van der Waals surface area contributed by atoms with Crippen LogP contribution in [-0.4, -0.2) is 23.7 Å². The van der Waals surface area contributed by atoms with Crippen molar-refractivity contribution in [3.05, 3.63) is 140 Å². The molecule has 5 heteroatoms. The third kappa shape index (κ3) is 4.90. The van der Waals surface area contributed by atoms with Gasteiger partial charge in [0, 0.05) is 48.4 Å². The molecule has 3 heterocycles. The number of fused-ring (bicyclic) bond motifs is 1. The number of benzene rings is 4. The van der Waals surface area contributed by atoms with Gasteiger partial charge in [0.25, 0.3) is 0 Å². The number of ether oxygens (including phenoxy) is 1. The predicted molar refractivity (Wildman–Crippen MR) is 167 cm³/mol. The fourth-order valence-electron chi connectivity index (χ4n) is 5.28. The molecule has 5 nitrogen and oxygen atoms in total. The van der Waals surface area contributed by atoms with E-state index in [2.05, 4.69) is 83.6 Å². The van der Waals surface area contributed by atoms with E-state index in [1.165, 1.54) is 11.4 Å². The minimum Gasteiger partial charge on any atom is -0.457 e. The second kappa shape index (κ2) is 10.6. The summed E-state index contributed by atoms with van der Waals surface area (Å²) < 4.78 is 6.63. The maximum absolute atomic E-state index is 6.63. The number of nitrogens with zero attached hydrogens (tertiary/aromatic N) is 4. The zero-order chi connectivity index (χ0) is 27.6. The molecule has 0 atom stereocenters. The molecule has 41 heavy (non-hydrogen) atoms. The zero-order valence-corrected chi connectivity index (χ0v) is 22.7. The lowest BCUT2D eigenvalue weighted by atomic mass is 10.0. The van der Waals surface area contributed by atoms with Gasteiger partial charge in [0.15, 0.2) is 0 Å². The molecular weight excluding hydrogens is 504 g/mol. The van der Waals surface area contributed by atoms with Crippen LogP contribution in [0.2, 0.25) is 0 Å². The number of aromatic nitrogens is 2. The second-order valence-corrected chi connectivity index (χ2v) is 10.1. The molecule has 2 aromatic heterocycles. The van der Waals surface area contributed by atoms with Crippen LogP contribution < -0.4 is 14.5 Å². The van der Waals surface area contributed by atoms with Crippen molar-refractivity contribution >= 4 is 17.1 Å². The molecule has 198 valence electrons. The van der Waals surface area contributed by atoms with Crippen molar-refractivity contribution in [2.75, 3.05) is 23.5 Å². The first kappa shape index (κ1) is 24.6. The predicted octanol–water partition coefficient (Wildman–Crippen LogP) is 8.82. The summed E-state index contributed by atoms with van der Waals surface area (Å²) >= 11 is 0. The highest BCUT2D eigenvalue weighted by Crippen LogP contribution is 2.41. The van der Waals surface area contributed by atoms with Crippen molar-refractivity contribution in [1.82, 2.24) is 9.97 Å². The van der Waals surface area contributed by atoms with Gasteiger partial charge in [-0.3, -0.25) is 9.97 Å². The van der Waals surface area contributed by atoms with Crippen molar-refractivity contribution in [3.8, 4) is 45.1 Å². The highest BCUT2D eigenvalue weighted by Gasteiger charge is 2.24. The molecule has 0 aliphatic carbocycles. The van der Waals surface area contributed by atoms with Gasteiger partial charge in [0.1, 0.15) is 11.5 Å². The smallest absolute Gasteiger partial charge is 0.139 e. The van der Waals surface area contributed by atoms with Crippen LogP contribution in [0.3, 0.4) is 0 Å². The van der Waals surface area contributed by atoms with Gasteiger partial charge in [0.05, 0.1) is 29.4 Å². The Bertz CT molecular complexity index is 1800. The third-order valence-electron chi connectivity index (χ3n) is 7.38. The fraction of sp³-hybridized carbons (Fsp3) is 0.0556. The number of anilines is 3. The molecule has 0 bridgehead atoms. The van der Waals surface area contributed by atoms with Gasteiger partial charge in [-0.2, -0.15) is 0 Å². The van der Waals surface area contributed by atoms with Crippen LogP contribution in [0.5, 0.6) is 11.5 Å². The molecule has 6 aromatic rings. The van der Waals surface area contributed by atoms with Crippen molar-refractivity contribution < 1.29 is 4.74 Å². The van der Waals surface area contributed by atoms with Gasteiger partial charge in [-0.1, -0.05) is 84.9 Å². The van der Waals surface area contributed by atoms with Gasteiger partial charge in [0.2, 0.25) is 0 Å². The van der Waals surface area contributed by atoms with Crippen LogP contribution in [0.15, 0.2) is 140 Å². The Morgan fingerprint density at radius 1 is 0.585 bits per heavy atom. The lowest BCUT2D eigenvalue weighted by Crippen LogP contribution is -2.23. The fourth-order valence-corrected chi connectivity index (χ4v) is 5.28. The molecule has 7 rings (SSSR count). The number of hydrogen-bond acceptors (Lipinski definition) is 5. The molecule has 0 unspecified atom stereocenters. The summed E-state index contributed by atoms with van der Waals surface area (Å²) in [6, 6.07) is 43.3. The second-order valence-electron chi connectivity index (χ2n) is 10.1. The first-order valence-electron chi connectivity index (χ1n) is 13.7. The molecule has 0 fully saturated rings. The van der Waals surface area contributed by atoms with Crippen molar-refractivity contribution in [2.24, 2.45) is 0 Å². The van der Waals surface area contributed by atoms with E-state index < -0.39 is 0 Å². The van der Waals surface area contributed by atoms with E-state index in [1.807, 2.05) is 73.1 Å². The first-order valence-corrected chi connectivity index (χ1v) is 13.7. The average molecular weight is 533 g/mol. The van der Waals surface area contributed by atoms with Crippen LogP contribution in [0.4, 0.5) is 17.1 Å². The molecule has 1 aliphatic rings. The van der Waals surface area contributed by atoms with Gasteiger partial charge < -0.3 is 14.5 Å². The van der Waals surface area contributed by atoms with E-state index in [1.54, 1.807) is 0 Å². The Labute approximate surface area is 240 Å². The van der Waals surface area contributed by atoms with E-state index in [-0.39, 0.29) is 0 Å². The normalized spacial score (nSPS) is 12.3. The van der Waals surface area contributed by atoms with Crippen molar-refractivity contribution in [1.29, 1.82) is 0 Å². The van der Waals surface area contributed by atoms with Crippen molar-refractivity contribution in [2.45, 2.75) is 0 Å². The highest BCUT2D eigenvalue weighted by molar-refractivity contribution is 5.82. The average Bonchev–Trinajstić information content (AvgIpc) is 3.38. The van der Waals surface area contributed by atoms with Crippen molar-refractivity contribution in [3.63, 3.8) is 0 Å². The maximum Gasteiger partial charge on any atom is 0.139 e. The molecule has 4 aromatic carbocycles. The summed E-state index contributed by atoms with van der Waals surface area (Å²) in [6.45, 7) is 0.780. The van der Waals surface area contributed by atoms with Crippen LogP contribution in [0.1, 0.15) is 0 Å². The Morgan fingerprint density at radius 3 is 2.05 bits per heavy atom. The van der Waals surface area contributed by atoms with Gasteiger partial charge in [-0.15, -0.1) is 0 Å². The lowest BCUT2D eigenvalue weighted by molar-refractivity contribution is 0.484. The molecule has 0 amide bonds. The SMILES string of the molecule is CN1CN(c2cccc(Oc3cc(-c4ccc(-c5ccccc5)cn4)ncc3-c3ccccc3)c2)c2ccccc21. The Kier molecular flexibility index (Phi) is 6.38. The van der Waals surface area contributed by atoms with Crippen LogP contribution in [0, 0.1) is 0 Å². The van der Waals surface area contributed by atoms with Gasteiger partial charge in [-0.05, 0) is 41.5 Å². The summed E-state index contributed by atoms with van der Waals surface area (Å²) in [5.74, 6) is 1.49. The summed E-state index contributed by atoms with van der Waals surface area (Å²) in [4.78, 5) is 14.1. The summed E-state index contributed by atoms with van der Waals surface area (Å²) in [5, 5.41) is 0. The number of hydrogen-bond donors (Lipinski definition) is 0. The monoisotopic (exact) mass is 532 g/mol. The number of pyridine rings is 2. The zero-order valence-electron chi connectivity index (χ0n) is 22.7. The first-order chi connectivity index (χ1) is 20.2. The highest BCUT2D eigenvalue weighted by atomic mass is 16.5. The van der Waals surface area contributed by atoms with E-state index >= 15 is 0 Å². The van der Waals surface area contributed by atoms with E-state index in [0.29, 0.717) is 0 Å². The Balaban J connectivity index is 1.24. The Morgan fingerprint density at radius 2 is 1.29 bits per heavy atom. The molecular formula is C36H28N4O. The molecule has 0 N–H and O–H groups in total. The topological polar surface area (TPSA) is 41.5 Å². The van der Waals surface area contributed by atoms with Gasteiger partial charge >= 0.3 is 0 Å². The maximum atomic E-state index is 6.63. The molecule has 0 saturated heterocycles.